The quantitative estimate of drug-likeness (QED) is 0.454. The normalized spacial score (nSPS) is 19.4. The fraction of sp³-hybridized carbons (Fsp3) is 0.875. The highest BCUT2D eigenvalue weighted by atomic mass is 16.6. The van der Waals surface area contributed by atoms with Crippen molar-refractivity contribution in [3.8, 4) is 0 Å². The van der Waals surface area contributed by atoms with Gasteiger partial charge in [0.15, 0.2) is 5.96 Å². The van der Waals surface area contributed by atoms with Gasteiger partial charge < -0.3 is 25.0 Å². The van der Waals surface area contributed by atoms with Crippen LogP contribution in [0.2, 0.25) is 0 Å². The zero-order chi connectivity index (χ0) is 17.3. The van der Waals surface area contributed by atoms with Crippen molar-refractivity contribution in [3.05, 3.63) is 0 Å². The van der Waals surface area contributed by atoms with Gasteiger partial charge in [0.25, 0.3) is 0 Å². The molecule has 134 valence electrons. The Morgan fingerprint density at radius 2 is 2.09 bits per heavy atom. The number of nitrogens with zero attached hydrogens (tertiary/aromatic N) is 2. The molecule has 0 aromatic carbocycles. The topological polar surface area (TPSA) is 75.2 Å². The maximum atomic E-state index is 12.2. The van der Waals surface area contributed by atoms with Gasteiger partial charge >= 0.3 is 6.09 Å². The Morgan fingerprint density at radius 1 is 1.35 bits per heavy atom. The number of carbonyl (C=O) groups excluding carboxylic acids is 1. The van der Waals surface area contributed by atoms with Crippen molar-refractivity contribution in [3.63, 3.8) is 0 Å². The fourth-order valence-corrected chi connectivity index (χ4v) is 2.46. The zero-order valence-corrected chi connectivity index (χ0v) is 15.1. The van der Waals surface area contributed by atoms with Crippen LogP contribution in [-0.2, 0) is 9.47 Å². The Labute approximate surface area is 139 Å². The predicted molar refractivity (Wildman–Crippen MR) is 91.8 cm³/mol. The zero-order valence-electron chi connectivity index (χ0n) is 15.1. The molecule has 23 heavy (non-hydrogen) atoms. The fourth-order valence-electron chi connectivity index (χ4n) is 2.46. The summed E-state index contributed by atoms with van der Waals surface area (Å²) in [5, 5.41) is 6.49. The van der Waals surface area contributed by atoms with Crippen molar-refractivity contribution in [2.45, 2.75) is 39.2 Å². The van der Waals surface area contributed by atoms with Crippen molar-refractivity contribution in [1.82, 2.24) is 15.5 Å². The van der Waals surface area contributed by atoms with Crippen molar-refractivity contribution >= 4 is 12.1 Å². The van der Waals surface area contributed by atoms with Crippen molar-refractivity contribution < 1.29 is 14.3 Å². The molecule has 1 fully saturated rings. The van der Waals surface area contributed by atoms with Crippen LogP contribution in [0, 0.1) is 5.92 Å². The number of hydrogen-bond acceptors (Lipinski definition) is 4. The van der Waals surface area contributed by atoms with Gasteiger partial charge in [0.2, 0.25) is 0 Å². The first-order valence-electron chi connectivity index (χ1n) is 8.27. The number of methoxy groups -OCH3 is 1. The number of amides is 1. The van der Waals surface area contributed by atoms with Crippen molar-refractivity contribution in [1.29, 1.82) is 0 Å². The molecule has 1 saturated heterocycles. The Hall–Kier alpha value is -1.50. The average molecular weight is 328 g/mol. The summed E-state index contributed by atoms with van der Waals surface area (Å²) in [6.07, 6.45) is 1.88. The number of likely N-dealkylation sites (tertiary alicyclic amines) is 1. The molecule has 1 aliphatic heterocycles. The smallest absolute Gasteiger partial charge is 0.410 e. The summed E-state index contributed by atoms with van der Waals surface area (Å²) < 4.78 is 10.5. The molecule has 7 heteroatoms. The predicted octanol–water partition coefficient (Wildman–Crippen LogP) is 1.44. The molecule has 0 spiro atoms. The third-order valence-corrected chi connectivity index (χ3v) is 3.55. The van der Waals surface area contributed by atoms with Crippen LogP contribution in [0.1, 0.15) is 33.6 Å². The molecule has 1 aliphatic rings. The number of aliphatic imine (C=N–C) groups is 1. The van der Waals surface area contributed by atoms with Crippen LogP contribution in [0.25, 0.3) is 0 Å². The number of ether oxygens (including phenoxy) is 2. The summed E-state index contributed by atoms with van der Waals surface area (Å²) in [4.78, 5) is 18.1. The highest BCUT2D eigenvalue weighted by Gasteiger charge is 2.27. The lowest BCUT2D eigenvalue weighted by Crippen LogP contribution is -2.47. The van der Waals surface area contributed by atoms with E-state index in [0.29, 0.717) is 19.1 Å². The number of rotatable bonds is 5. The van der Waals surface area contributed by atoms with E-state index in [0.717, 1.165) is 38.4 Å². The number of guanidine groups is 1. The highest BCUT2D eigenvalue weighted by Crippen LogP contribution is 2.18. The van der Waals surface area contributed by atoms with Crippen LogP contribution in [0.15, 0.2) is 4.99 Å². The van der Waals surface area contributed by atoms with E-state index in [9.17, 15) is 4.79 Å². The van der Waals surface area contributed by atoms with Gasteiger partial charge in [-0.05, 0) is 39.5 Å². The second-order valence-corrected chi connectivity index (χ2v) is 6.81. The SMILES string of the molecule is CN=C(NCCOC)NCC1CCCN(C(=O)OC(C)(C)C)C1. The van der Waals surface area contributed by atoms with Gasteiger partial charge in [-0.15, -0.1) is 0 Å². The largest absolute Gasteiger partial charge is 0.444 e. The summed E-state index contributed by atoms with van der Waals surface area (Å²) >= 11 is 0. The lowest BCUT2D eigenvalue weighted by atomic mass is 9.98. The van der Waals surface area contributed by atoms with Crippen molar-refractivity contribution in [2.75, 3.05) is 46.9 Å². The standard InChI is InChI=1S/C16H32N4O3/c1-16(2,3)23-15(21)20-9-6-7-13(12-20)11-19-14(17-4)18-8-10-22-5/h13H,6-12H2,1-5H3,(H2,17,18,19). The van der Waals surface area contributed by atoms with E-state index in [1.54, 1.807) is 14.2 Å². The number of hydrogen-bond donors (Lipinski definition) is 2. The molecule has 1 atom stereocenters. The van der Waals surface area contributed by atoms with Gasteiger partial charge in [-0.2, -0.15) is 0 Å². The number of nitrogens with one attached hydrogen (secondary N) is 2. The first kappa shape index (κ1) is 19.5. The summed E-state index contributed by atoms with van der Waals surface area (Å²) in [7, 11) is 3.42. The van der Waals surface area contributed by atoms with Gasteiger partial charge in [0.05, 0.1) is 6.61 Å². The van der Waals surface area contributed by atoms with Gasteiger partial charge in [0, 0.05) is 40.3 Å². The molecule has 0 bridgehead atoms. The number of carbonyl (C=O) groups is 1. The molecule has 0 aliphatic carbocycles. The van der Waals surface area contributed by atoms with E-state index in [4.69, 9.17) is 9.47 Å². The summed E-state index contributed by atoms with van der Waals surface area (Å²) in [6.45, 7) is 9.30. The van der Waals surface area contributed by atoms with E-state index < -0.39 is 5.60 Å². The molecular formula is C16H32N4O3. The minimum absolute atomic E-state index is 0.218. The van der Waals surface area contributed by atoms with E-state index in [-0.39, 0.29) is 6.09 Å². The summed E-state index contributed by atoms with van der Waals surface area (Å²) in [5.74, 6) is 1.16. The van der Waals surface area contributed by atoms with Gasteiger partial charge in [-0.3, -0.25) is 4.99 Å². The average Bonchev–Trinajstić information content (AvgIpc) is 2.49. The third kappa shape index (κ3) is 8.06. The maximum Gasteiger partial charge on any atom is 0.410 e. The van der Waals surface area contributed by atoms with Gasteiger partial charge in [-0.25, -0.2) is 4.79 Å². The van der Waals surface area contributed by atoms with E-state index >= 15 is 0 Å². The lowest BCUT2D eigenvalue weighted by molar-refractivity contribution is 0.0168. The summed E-state index contributed by atoms with van der Waals surface area (Å²) in [5.41, 5.74) is -0.449. The molecule has 2 N–H and O–H groups in total. The molecule has 1 amide bonds. The Bertz CT molecular complexity index is 393. The minimum atomic E-state index is -0.449. The van der Waals surface area contributed by atoms with Gasteiger partial charge in [0.1, 0.15) is 5.60 Å². The van der Waals surface area contributed by atoms with Crippen LogP contribution >= 0.6 is 0 Å². The molecule has 0 aromatic heterocycles. The Balaban J connectivity index is 2.38. The Kier molecular flexibility index (Phi) is 8.16. The molecule has 1 unspecified atom stereocenters. The highest BCUT2D eigenvalue weighted by molar-refractivity contribution is 5.79. The van der Waals surface area contributed by atoms with Crippen LogP contribution < -0.4 is 10.6 Å². The first-order valence-corrected chi connectivity index (χ1v) is 8.27. The van der Waals surface area contributed by atoms with Crippen LogP contribution in [0.3, 0.4) is 0 Å². The maximum absolute atomic E-state index is 12.2. The van der Waals surface area contributed by atoms with E-state index in [1.807, 2.05) is 25.7 Å². The van der Waals surface area contributed by atoms with Crippen LogP contribution in [0.4, 0.5) is 4.79 Å². The molecule has 0 radical (unpaired) electrons. The second-order valence-electron chi connectivity index (χ2n) is 6.81. The van der Waals surface area contributed by atoms with E-state index in [1.165, 1.54) is 0 Å². The molecule has 0 aromatic rings. The second kappa shape index (κ2) is 9.60. The molecule has 1 heterocycles. The van der Waals surface area contributed by atoms with Crippen LogP contribution in [0.5, 0.6) is 0 Å². The van der Waals surface area contributed by atoms with Crippen LogP contribution in [-0.4, -0.2) is 69.5 Å². The third-order valence-electron chi connectivity index (χ3n) is 3.55. The molecular weight excluding hydrogens is 296 g/mol. The first-order chi connectivity index (χ1) is 10.9. The molecule has 1 rings (SSSR count). The monoisotopic (exact) mass is 328 g/mol. The molecule has 0 saturated carbocycles. The summed E-state index contributed by atoms with van der Waals surface area (Å²) in [6, 6.07) is 0. The number of piperidine rings is 1. The van der Waals surface area contributed by atoms with E-state index in [2.05, 4.69) is 15.6 Å². The minimum Gasteiger partial charge on any atom is -0.444 e. The van der Waals surface area contributed by atoms with Gasteiger partial charge in [-0.1, -0.05) is 0 Å². The molecule has 7 nitrogen and oxygen atoms in total. The van der Waals surface area contributed by atoms with Crippen molar-refractivity contribution in [2.24, 2.45) is 10.9 Å². The Morgan fingerprint density at radius 3 is 2.70 bits per heavy atom. The lowest BCUT2D eigenvalue weighted by Gasteiger charge is -2.34.